The average Bonchev–Trinajstić information content (AvgIpc) is 1.53. The first-order valence-corrected chi connectivity index (χ1v) is 49.0. The zero-order valence-electron chi connectivity index (χ0n) is 85.3. The van der Waals surface area contributed by atoms with Crippen molar-refractivity contribution in [1.29, 1.82) is 0 Å². The number of amides is 3. The summed E-state index contributed by atoms with van der Waals surface area (Å²) in [5.74, 6) is -0.937. The van der Waals surface area contributed by atoms with Gasteiger partial charge < -0.3 is 9.97 Å². The number of hydrogen-bond acceptors (Lipinski definition) is 10. The molecular weight excluding hydrogens is 1700 g/mol. The van der Waals surface area contributed by atoms with Crippen molar-refractivity contribution >= 4 is 83.7 Å². The van der Waals surface area contributed by atoms with Gasteiger partial charge in [0, 0.05) is 72.9 Å². The molecule has 0 fully saturated rings. The standard InChI is InChI=1S/2C25H28N2O2.C25H27NO2.2C24H27NO/c1-24(2)12-13-25(3,4)20-15-17(6-9-19(20)24)16-7-10-21-18(14-16)8-11-22(26-21)23(28)27-29-5;1-24(2)10-11-25(3,4)21-14-17(6-8-20(21)24)16-7-9-22-18(12-16)13-19(15-26-22)23(28)27-29-5;1-24(2)11-12-25(3,4)22-15-18(9-10-21(22)24)17-7-5-16-6-8-19(23(27)26-28)14-20(16)13-17;1-15(26)16-7-9-22-18(12-16)19(14-25-22)17-6-8-20-21(13-17)24(4,5)11-10-23(20,2)3;1-15(26)16-7-9-21-18(12-16)14-22(25-21)17-6-8-19-20(13-17)24(4,5)11-10-23(19,2)3/h6-11,14-15H,12-13H2,1-5H3,(H,27,28);6-9,12-15H,10-11H2,1-5H3,(H,27,28);5-10,13-15,28H,11-12H2,1-4H3,(H,26,27);2*6-9,12-14,25H,10-11H2,1-5H3. The van der Waals surface area contributed by atoms with Gasteiger partial charge in [-0.2, -0.15) is 0 Å². The van der Waals surface area contributed by atoms with Crippen molar-refractivity contribution in [1.82, 2.24) is 36.4 Å². The molecule has 0 saturated carbocycles. The van der Waals surface area contributed by atoms with Crippen LogP contribution in [0.15, 0.2) is 237 Å². The van der Waals surface area contributed by atoms with Gasteiger partial charge in [-0.1, -0.05) is 260 Å². The van der Waals surface area contributed by atoms with Crippen molar-refractivity contribution in [2.45, 2.75) is 271 Å². The fraction of sp³-hybridized carbons (Fsp3) is 0.358. The maximum absolute atomic E-state index is 12.1. The summed E-state index contributed by atoms with van der Waals surface area (Å²) in [6.07, 6.45) is 15.7. The monoisotopic (exact) mass is 1840 g/mol. The van der Waals surface area contributed by atoms with Crippen LogP contribution in [-0.2, 0) is 63.8 Å². The number of aromatic nitrogens is 4. The summed E-state index contributed by atoms with van der Waals surface area (Å²) in [6, 6.07) is 78.1. The summed E-state index contributed by atoms with van der Waals surface area (Å²) < 4.78 is 0. The zero-order valence-corrected chi connectivity index (χ0v) is 85.3. The molecule has 0 spiro atoms. The van der Waals surface area contributed by atoms with Gasteiger partial charge in [-0.25, -0.2) is 21.4 Å². The Hall–Kier alpha value is -12.8. The summed E-state index contributed by atoms with van der Waals surface area (Å²) in [4.78, 5) is 84.3. The molecule has 4 aromatic heterocycles. The Morgan fingerprint density at radius 1 is 0.304 bits per heavy atom. The quantitative estimate of drug-likeness (QED) is 0.0386. The number of fused-ring (bicyclic) bond motifs is 10. The van der Waals surface area contributed by atoms with Crippen LogP contribution < -0.4 is 16.4 Å². The van der Waals surface area contributed by atoms with E-state index in [1.165, 1.54) is 167 Å². The number of carbonyl (C=O) groups is 5. The van der Waals surface area contributed by atoms with Crippen molar-refractivity contribution < 1.29 is 38.9 Å². The highest BCUT2D eigenvalue weighted by atomic mass is 16.6. The Morgan fingerprint density at radius 3 is 1.12 bits per heavy atom. The minimum Gasteiger partial charge on any atom is -0.361 e. The van der Waals surface area contributed by atoms with E-state index >= 15 is 0 Å². The molecule has 0 bridgehead atoms. The summed E-state index contributed by atoms with van der Waals surface area (Å²) in [6.45, 7) is 50.2. The number of hydroxylamine groups is 3. The second-order valence-electron chi connectivity index (χ2n) is 45.9. The van der Waals surface area contributed by atoms with Gasteiger partial charge in [-0.15, -0.1) is 0 Å². The normalized spacial score (nSPS) is 17.4. The molecule has 15 heteroatoms. The smallest absolute Gasteiger partial charge is 0.293 e. The first kappa shape index (κ1) is 98.3. The van der Waals surface area contributed by atoms with Crippen molar-refractivity contribution in [3.63, 3.8) is 0 Å². The molecule has 5 aliphatic rings. The maximum atomic E-state index is 12.1. The van der Waals surface area contributed by atoms with E-state index in [0.29, 0.717) is 16.8 Å². The molecule has 5 aliphatic carbocycles. The van der Waals surface area contributed by atoms with Crippen molar-refractivity contribution in [2.24, 2.45) is 0 Å². The van der Waals surface area contributed by atoms with Crippen LogP contribution in [0.25, 0.3) is 110 Å². The summed E-state index contributed by atoms with van der Waals surface area (Å²) >= 11 is 0. The second-order valence-corrected chi connectivity index (χ2v) is 45.9. The molecule has 20 rings (SSSR count). The lowest BCUT2D eigenvalue weighted by Crippen LogP contribution is -2.33. The number of ketones is 2. The van der Waals surface area contributed by atoms with Crippen molar-refractivity contribution in [3.8, 4) is 55.8 Å². The lowest BCUT2D eigenvalue weighted by atomic mass is 9.63. The lowest BCUT2D eigenvalue weighted by molar-refractivity contribution is 0.0530. The average molecular weight is 1840 g/mol. The molecule has 4 heterocycles. The number of benzene rings is 11. The second kappa shape index (κ2) is 37.2. The number of pyridine rings is 2. The highest BCUT2D eigenvalue weighted by molar-refractivity contribution is 6.04. The number of Topliss-reactive ketones (excluding diaryl/α,β-unsaturated/α-hetero) is 2. The molecule has 0 radical (unpaired) electrons. The Balaban J connectivity index is 0.000000125. The van der Waals surface area contributed by atoms with E-state index in [2.05, 4.69) is 320 Å². The minimum absolute atomic E-state index is 0.104. The van der Waals surface area contributed by atoms with Crippen LogP contribution in [0, 0.1) is 0 Å². The van der Waals surface area contributed by atoms with E-state index in [4.69, 9.17) is 10.0 Å². The molecule has 0 saturated heterocycles. The van der Waals surface area contributed by atoms with Crippen LogP contribution in [0.2, 0.25) is 0 Å². The summed E-state index contributed by atoms with van der Waals surface area (Å²) in [7, 11) is 2.83. The molecule has 712 valence electrons. The third-order valence-electron chi connectivity index (χ3n) is 31.5. The first-order chi connectivity index (χ1) is 65.0. The number of aromatic amines is 2. The lowest BCUT2D eigenvalue weighted by Gasteiger charge is -2.42. The van der Waals surface area contributed by atoms with Gasteiger partial charge in [0.2, 0.25) is 0 Å². The fourth-order valence-corrected chi connectivity index (χ4v) is 21.7. The molecule has 15 aromatic rings. The minimum atomic E-state index is -0.495. The third kappa shape index (κ3) is 19.9. The number of nitrogens with one attached hydrogen (secondary N) is 5. The molecule has 0 aliphatic heterocycles. The fourth-order valence-electron chi connectivity index (χ4n) is 21.7. The van der Waals surface area contributed by atoms with E-state index in [9.17, 15) is 24.0 Å². The van der Waals surface area contributed by atoms with E-state index in [1.54, 1.807) is 37.7 Å². The van der Waals surface area contributed by atoms with Crippen LogP contribution >= 0.6 is 0 Å². The number of carbonyl (C=O) groups excluding carboxylic acids is 5. The number of rotatable bonds is 12. The number of H-pyrrole nitrogens is 2. The van der Waals surface area contributed by atoms with Gasteiger partial charge in [-0.3, -0.25) is 43.8 Å². The van der Waals surface area contributed by atoms with Crippen LogP contribution in [0.5, 0.6) is 0 Å². The highest BCUT2D eigenvalue weighted by Gasteiger charge is 2.43. The van der Waals surface area contributed by atoms with E-state index in [-0.39, 0.29) is 77.5 Å². The first-order valence-electron chi connectivity index (χ1n) is 49.0. The predicted octanol–water partition coefficient (Wildman–Crippen LogP) is 29.8. The molecule has 0 unspecified atom stereocenters. The Labute approximate surface area is 814 Å². The molecule has 6 N–H and O–H groups in total. The van der Waals surface area contributed by atoms with E-state index < -0.39 is 5.91 Å². The van der Waals surface area contributed by atoms with Gasteiger partial charge in [0.15, 0.2) is 11.6 Å². The Kier molecular flexibility index (Phi) is 26.5. The van der Waals surface area contributed by atoms with Crippen LogP contribution in [0.3, 0.4) is 0 Å². The Bertz CT molecular complexity index is 7320. The summed E-state index contributed by atoms with van der Waals surface area (Å²) in [5, 5.41) is 15.1. The van der Waals surface area contributed by atoms with Crippen molar-refractivity contribution in [2.75, 3.05) is 14.2 Å². The molecule has 15 nitrogen and oxygen atoms in total. The molecule has 11 aromatic carbocycles. The highest BCUT2D eigenvalue weighted by Crippen LogP contribution is 2.54. The zero-order chi connectivity index (χ0) is 99.1. The van der Waals surface area contributed by atoms with Crippen molar-refractivity contribution in [3.05, 3.63) is 320 Å². The molecule has 138 heavy (non-hydrogen) atoms. The van der Waals surface area contributed by atoms with E-state index in [1.807, 2.05) is 72.8 Å². The molecule has 3 amide bonds. The topological polar surface area (TPSA) is 217 Å². The van der Waals surface area contributed by atoms with Gasteiger partial charge in [0.1, 0.15) is 5.69 Å². The van der Waals surface area contributed by atoms with Gasteiger partial charge in [0.05, 0.1) is 30.8 Å². The largest absolute Gasteiger partial charge is 0.361 e. The Morgan fingerprint density at radius 2 is 0.652 bits per heavy atom. The van der Waals surface area contributed by atoms with Gasteiger partial charge >= 0.3 is 0 Å². The van der Waals surface area contributed by atoms with Crippen LogP contribution in [-0.4, -0.2) is 68.7 Å². The van der Waals surface area contributed by atoms with E-state index in [0.717, 1.165) is 87.9 Å². The maximum Gasteiger partial charge on any atom is 0.293 e. The van der Waals surface area contributed by atoms with Crippen LogP contribution in [0.1, 0.15) is 324 Å². The molecule has 0 atom stereocenters. The summed E-state index contributed by atoms with van der Waals surface area (Å²) in [5.41, 5.74) is 41.3. The third-order valence-corrected chi connectivity index (χ3v) is 31.5. The molecular formula is C123H137N7O8. The van der Waals surface area contributed by atoms with Gasteiger partial charge in [0.25, 0.3) is 17.7 Å². The number of hydrogen-bond donors (Lipinski definition) is 6. The SMILES string of the molecule is CC(=O)c1ccc2[nH]c(-c3ccc4c(c3)C(C)(C)CCC4(C)C)cc2c1.CC(=O)c1ccc2[nH]cc(-c3ccc4c(c3)C(C)(C)CCC4(C)C)c2c1.CC1(C)CCC(C)(C)c2cc(-c3ccc4ccc(C(=O)NO)cc4c3)ccc21.CONC(=O)c1ccc2cc(-c3ccc4c(c3)C(C)(C)CCC4(C)C)ccc2n1.CONC(=O)c1cnc2ccc(-c3ccc4c(c3)C(C)(C)CCC4(C)C)cc2c1. The van der Waals surface area contributed by atoms with Crippen LogP contribution in [0.4, 0.5) is 0 Å². The van der Waals surface area contributed by atoms with Gasteiger partial charge in [-0.05, 0) is 346 Å². The predicted molar refractivity (Wildman–Crippen MR) is 566 cm³/mol. The number of nitrogens with zero attached hydrogens (tertiary/aromatic N) is 2.